The average molecular weight is 314 g/mol. The Morgan fingerprint density at radius 3 is 2.43 bits per heavy atom. The van der Waals surface area contributed by atoms with Crippen molar-refractivity contribution in [2.45, 2.75) is 20.8 Å². The van der Waals surface area contributed by atoms with Gasteiger partial charge in [0.15, 0.2) is 5.78 Å². The number of hydrogen-bond donors (Lipinski definition) is 2. The summed E-state index contributed by atoms with van der Waals surface area (Å²) in [6.45, 7) is 5.35. The second kappa shape index (κ2) is 6.91. The number of amides is 1. The lowest BCUT2D eigenvalue weighted by atomic mass is 10.1. The molecule has 1 aromatic heterocycles. The summed E-state index contributed by atoms with van der Waals surface area (Å²) in [7, 11) is 0. The minimum Gasteiger partial charge on any atom is -0.494 e. The molecule has 0 saturated carbocycles. The third-order valence-electron chi connectivity index (χ3n) is 3.30. The van der Waals surface area contributed by atoms with Crippen LogP contribution < -0.4 is 15.5 Å². The summed E-state index contributed by atoms with van der Waals surface area (Å²) in [6.07, 6.45) is 1.31. The van der Waals surface area contributed by atoms with Gasteiger partial charge in [0.1, 0.15) is 11.3 Å². The molecule has 1 heterocycles. The fourth-order valence-corrected chi connectivity index (χ4v) is 2.22. The van der Waals surface area contributed by atoms with Crippen LogP contribution >= 0.6 is 0 Å². The van der Waals surface area contributed by atoms with Crippen molar-refractivity contribution in [1.29, 1.82) is 0 Å². The number of Topliss-reactive ketones (excluding diaryl/α,β-unsaturated/α-hetero) is 1. The van der Waals surface area contributed by atoms with Gasteiger partial charge in [0.2, 0.25) is 5.43 Å². The van der Waals surface area contributed by atoms with Gasteiger partial charge in [0.05, 0.1) is 12.2 Å². The molecule has 0 fully saturated rings. The number of anilines is 1. The minimum atomic E-state index is -0.572. The minimum absolute atomic E-state index is 0.00402. The van der Waals surface area contributed by atoms with E-state index in [-0.39, 0.29) is 16.9 Å². The molecule has 0 saturated heterocycles. The Balaban J connectivity index is 2.26. The number of ether oxygens (including phenoxy) is 1. The van der Waals surface area contributed by atoms with E-state index in [1.807, 2.05) is 6.92 Å². The molecule has 0 aliphatic rings. The van der Waals surface area contributed by atoms with E-state index in [4.69, 9.17) is 4.74 Å². The molecule has 2 rings (SSSR count). The second-order valence-corrected chi connectivity index (χ2v) is 5.00. The van der Waals surface area contributed by atoms with E-state index in [9.17, 15) is 14.4 Å². The number of nitrogens with one attached hydrogen (secondary N) is 2. The van der Waals surface area contributed by atoms with Gasteiger partial charge >= 0.3 is 0 Å². The van der Waals surface area contributed by atoms with Crippen molar-refractivity contribution < 1.29 is 14.3 Å². The Morgan fingerprint density at radius 2 is 1.87 bits per heavy atom. The van der Waals surface area contributed by atoms with Gasteiger partial charge in [0.25, 0.3) is 5.91 Å². The second-order valence-electron chi connectivity index (χ2n) is 5.00. The quantitative estimate of drug-likeness (QED) is 0.830. The molecular formula is C17H18N2O4. The lowest BCUT2D eigenvalue weighted by molar-refractivity contribution is 0.101. The first-order valence-electron chi connectivity index (χ1n) is 7.21. The number of carbonyl (C=O) groups is 2. The summed E-state index contributed by atoms with van der Waals surface area (Å²) in [5.74, 6) is -0.255. The van der Waals surface area contributed by atoms with Crippen LogP contribution in [0.4, 0.5) is 5.69 Å². The van der Waals surface area contributed by atoms with E-state index >= 15 is 0 Å². The number of rotatable bonds is 5. The van der Waals surface area contributed by atoms with Crippen molar-refractivity contribution in [1.82, 2.24) is 4.98 Å². The van der Waals surface area contributed by atoms with Gasteiger partial charge in [-0.3, -0.25) is 14.4 Å². The van der Waals surface area contributed by atoms with Crippen LogP contribution in [0.25, 0.3) is 0 Å². The molecule has 0 unspecified atom stereocenters. The first-order chi connectivity index (χ1) is 10.9. The highest BCUT2D eigenvalue weighted by Crippen LogP contribution is 2.16. The summed E-state index contributed by atoms with van der Waals surface area (Å²) in [5.41, 5.74) is 0.305. The summed E-state index contributed by atoms with van der Waals surface area (Å²) in [5, 5.41) is 2.63. The fraction of sp³-hybridized carbons (Fsp3) is 0.235. The van der Waals surface area contributed by atoms with Gasteiger partial charge in [-0.15, -0.1) is 0 Å². The third-order valence-corrected chi connectivity index (χ3v) is 3.30. The van der Waals surface area contributed by atoms with Crippen LogP contribution in [0.5, 0.6) is 5.75 Å². The van der Waals surface area contributed by atoms with Crippen LogP contribution in [0, 0.1) is 6.92 Å². The number of aromatic amines is 1. The number of aromatic nitrogens is 1. The van der Waals surface area contributed by atoms with E-state index in [1.165, 1.54) is 13.1 Å². The largest absolute Gasteiger partial charge is 0.494 e. The zero-order valence-electron chi connectivity index (χ0n) is 13.2. The summed E-state index contributed by atoms with van der Waals surface area (Å²) in [4.78, 5) is 38.9. The molecule has 0 aliphatic heterocycles. The molecule has 0 atom stereocenters. The highest BCUT2D eigenvalue weighted by Gasteiger charge is 2.18. The standard InChI is InChI=1S/C17H18N2O4/c1-4-23-13-7-5-12(6-8-13)19-17(22)14-9-18-10(2)15(11(3)20)16(14)21/h5-9H,4H2,1-3H3,(H,18,21)(H,19,22). The maximum absolute atomic E-state index is 12.3. The van der Waals surface area contributed by atoms with E-state index in [0.717, 1.165) is 0 Å². The Bertz CT molecular complexity index is 791. The average Bonchev–Trinajstić information content (AvgIpc) is 2.49. The van der Waals surface area contributed by atoms with Crippen molar-refractivity contribution in [2.75, 3.05) is 11.9 Å². The number of benzene rings is 1. The molecule has 0 spiro atoms. The van der Waals surface area contributed by atoms with Crippen LogP contribution in [-0.2, 0) is 0 Å². The number of ketones is 1. The number of carbonyl (C=O) groups excluding carboxylic acids is 2. The molecule has 1 aromatic carbocycles. The van der Waals surface area contributed by atoms with E-state index < -0.39 is 11.3 Å². The Hall–Kier alpha value is -2.89. The van der Waals surface area contributed by atoms with Crippen molar-refractivity contribution >= 4 is 17.4 Å². The Labute approximate surface area is 133 Å². The van der Waals surface area contributed by atoms with Crippen molar-refractivity contribution in [3.63, 3.8) is 0 Å². The molecule has 0 bridgehead atoms. The molecule has 2 N–H and O–H groups in total. The van der Waals surface area contributed by atoms with Gasteiger partial charge in [-0.2, -0.15) is 0 Å². The van der Waals surface area contributed by atoms with Gasteiger partial charge in [-0.25, -0.2) is 0 Å². The van der Waals surface area contributed by atoms with Crippen LogP contribution in [-0.4, -0.2) is 23.3 Å². The lowest BCUT2D eigenvalue weighted by Crippen LogP contribution is -2.26. The molecule has 0 aliphatic carbocycles. The number of pyridine rings is 1. The van der Waals surface area contributed by atoms with Gasteiger partial charge < -0.3 is 15.0 Å². The monoisotopic (exact) mass is 314 g/mol. The Morgan fingerprint density at radius 1 is 1.22 bits per heavy atom. The highest BCUT2D eigenvalue weighted by atomic mass is 16.5. The van der Waals surface area contributed by atoms with Crippen molar-refractivity contribution in [2.24, 2.45) is 0 Å². The van der Waals surface area contributed by atoms with Crippen LogP contribution in [0.3, 0.4) is 0 Å². The maximum Gasteiger partial charge on any atom is 0.261 e. The van der Waals surface area contributed by atoms with Crippen LogP contribution in [0.15, 0.2) is 35.3 Å². The topological polar surface area (TPSA) is 88.3 Å². The number of hydrogen-bond acceptors (Lipinski definition) is 4. The molecule has 6 heteroatoms. The van der Waals surface area contributed by atoms with Crippen LogP contribution in [0.2, 0.25) is 0 Å². The Kier molecular flexibility index (Phi) is 4.95. The molecule has 2 aromatic rings. The van der Waals surface area contributed by atoms with Gasteiger partial charge in [0, 0.05) is 17.6 Å². The van der Waals surface area contributed by atoms with Crippen molar-refractivity contribution in [3.05, 3.63) is 57.5 Å². The van der Waals surface area contributed by atoms with Crippen molar-refractivity contribution in [3.8, 4) is 5.75 Å². The van der Waals surface area contributed by atoms with E-state index in [1.54, 1.807) is 31.2 Å². The molecule has 1 amide bonds. The van der Waals surface area contributed by atoms with Crippen LogP contribution in [0.1, 0.15) is 40.3 Å². The molecular weight excluding hydrogens is 296 g/mol. The van der Waals surface area contributed by atoms with Gasteiger partial charge in [-0.1, -0.05) is 0 Å². The SMILES string of the molecule is CCOc1ccc(NC(=O)c2c[nH]c(C)c(C(C)=O)c2=O)cc1. The first-order valence-corrected chi connectivity index (χ1v) is 7.21. The number of aryl methyl sites for hydroxylation is 1. The predicted molar refractivity (Wildman–Crippen MR) is 87.4 cm³/mol. The summed E-state index contributed by atoms with van der Waals surface area (Å²) < 4.78 is 5.32. The molecule has 120 valence electrons. The zero-order valence-corrected chi connectivity index (χ0v) is 13.2. The molecule has 23 heavy (non-hydrogen) atoms. The summed E-state index contributed by atoms with van der Waals surface area (Å²) >= 11 is 0. The normalized spacial score (nSPS) is 10.2. The van der Waals surface area contributed by atoms with Gasteiger partial charge in [-0.05, 0) is 45.0 Å². The predicted octanol–water partition coefficient (Wildman–Crippen LogP) is 2.54. The summed E-state index contributed by atoms with van der Waals surface area (Å²) in [6, 6.07) is 6.80. The molecule has 0 radical (unpaired) electrons. The smallest absolute Gasteiger partial charge is 0.261 e. The highest BCUT2D eigenvalue weighted by molar-refractivity contribution is 6.06. The molecule has 6 nitrogen and oxygen atoms in total. The third kappa shape index (κ3) is 3.66. The maximum atomic E-state index is 12.3. The number of H-pyrrole nitrogens is 1. The first kappa shape index (κ1) is 16.5. The lowest BCUT2D eigenvalue weighted by Gasteiger charge is -2.08. The van der Waals surface area contributed by atoms with E-state index in [2.05, 4.69) is 10.3 Å². The van der Waals surface area contributed by atoms with E-state index in [0.29, 0.717) is 23.7 Å². The fourth-order valence-electron chi connectivity index (χ4n) is 2.22. The zero-order chi connectivity index (χ0) is 17.0.